The number of fused-ring (bicyclic) bond motifs is 3. The summed E-state index contributed by atoms with van der Waals surface area (Å²) in [6.45, 7) is 17.9. The van der Waals surface area contributed by atoms with E-state index in [9.17, 15) is 5.11 Å². The summed E-state index contributed by atoms with van der Waals surface area (Å²) in [4.78, 5) is 4.70. The Kier molecular flexibility index (Phi) is 12.9. The molecule has 1 aliphatic carbocycles. The fraction of sp³-hybridized carbons (Fsp3) is 0.643. The van der Waals surface area contributed by atoms with Gasteiger partial charge in [0, 0.05) is 22.3 Å². The van der Waals surface area contributed by atoms with E-state index in [0.717, 1.165) is 88.9 Å². The molecule has 2 heterocycles. The van der Waals surface area contributed by atoms with Crippen LogP contribution in [0.25, 0.3) is 10.9 Å². The predicted molar refractivity (Wildman–Crippen MR) is 197 cm³/mol. The van der Waals surface area contributed by atoms with Crippen molar-refractivity contribution in [3.63, 3.8) is 0 Å². The molecule has 0 radical (unpaired) electrons. The molecule has 0 saturated heterocycles. The lowest BCUT2D eigenvalue weighted by atomic mass is 9.84. The van der Waals surface area contributed by atoms with Crippen molar-refractivity contribution >= 4 is 16.6 Å². The van der Waals surface area contributed by atoms with Crippen LogP contribution >= 0.6 is 0 Å². The molecule has 3 atom stereocenters. The SMILES string of the molecule is Cc1c(C)c2c(c(C)c1O)CC[C@@](C)(CCC[C@H](C)CCC[C@H](C)CCCC(C)C)O2.Nc1c2c(nc3ccccc13)CCCC2. The molecule has 0 spiro atoms. The first-order valence-electron chi connectivity index (χ1n) is 18.6. The van der Waals surface area contributed by atoms with Gasteiger partial charge in [-0.15, -0.1) is 0 Å². The van der Waals surface area contributed by atoms with E-state index in [1.165, 1.54) is 81.0 Å². The number of phenols is 1. The second-order valence-electron chi connectivity index (χ2n) is 15.6. The minimum atomic E-state index is -0.0712. The van der Waals surface area contributed by atoms with E-state index >= 15 is 0 Å². The smallest absolute Gasteiger partial charge is 0.127 e. The number of benzene rings is 2. The minimum absolute atomic E-state index is 0.0712. The van der Waals surface area contributed by atoms with Gasteiger partial charge in [0.1, 0.15) is 17.1 Å². The van der Waals surface area contributed by atoms with Gasteiger partial charge in [-0.05, 0) is 125 Å². The molecule has 1 aliphatic heterocycles. The van der Waals surface area contributed by atoms with E-state index in [-0.39, 0.29) is 5.60 Å². The lowest BCUT2D eigenvalue weighted by molar-refractivity contribution is 0.0512. The molecule has 0 fully saturated rings. The van der Waals surface area contributed by atoms with Gasteiger partial charge in [0.15, 0.2) is 0 Å². The number of para-hydroxylation sites is 1. The lowest BCUT2D eigenvalue weighted by Gasteiger charge is -2.38. The fourth-order valence-electron chi connectivity index (χ4n) is 7.68. The van der Waals surface area contributed by atoms with Crippen LogP contribution in [-0.2, 0) is 19.3 Å². The van der Waals surface area contributed by atoms with Gasteiger partial charge in [-0.1, -0.05) is 90.8 Å². The van der Waals surface area contributed by atoms with Crippen LogP contribution in [0, 0.1) is 38.5 Å². The summed E-state index contributed by atoms with van der Waals surface area (Å²) < 4.78 is 6.60. The molecule has 5 rings (SSSR count). The van der Waals surface area contributed by atoms with E-state index in [0.29, 0.717) is 5.75 Å². The van der Waals surface area contributed by atoms with Crippen molar-refractivity contribution in [3.05, 3.63) is 57.8 Å². The number of nitrogens with two attached hydrogens (primary N) is 1. The zero-order valence-corrected chi connectivity index (χ0v) is 30.5. The molecule has 1 aromatic heterocycles. The number of aromatic nitrogens is 1. The van der Waals surface area contributed by atoms with Crippen molar-refractivity contribution in [2.24, 2.45) is 17.8 Å². The second-order valence-corrected chi connectivity index (χ2v) is 15.6. The van der Waals surface area contributed by atoms with Gasteiger partial charge in [0.05, 0.1) is 5.52 Å². The summed E-state index contributed by atoms with van der Waals surface area (Å²) in [6, 6.07) is 8.15. The summed E-state index contributed by atoms with van der Waals surface area (Å²) in [6.07, 6.45) is 18.7. The summed E-state index contributed by atoms with van der Waals surface area (Å²) in [5, 5.41) is 11.5. The molecule has 3 N–H and O–H groups in total. The van der Waals surface area contributed by atoms with Gasteiger partial charge < -0.3 is 15.6 Å². The van der Waals surface area contributed by atoms with Gasteiger partial charge in [0.2, 0.25) is 0 Å². The zero-order valence-electron chi connectivity index (χ0n) is 30.5. The zero-order chi connectivity index (χ0) is 33.4. The van der Waals surface area contributed by atoms with Crippen molar-refractivity contribution in [2.75, 3.05) is 5.73 Å². The van der Waals surface area contributed by atoms with Gasteiger partial charge in [-0.3, -0.25) is 4.98 Å². The molecule has 0 amide bonds. The molecule has 2 aliphatic rings. The predicted octanol–water partition coefficient (Wildman–Crippen LogP) is 11.5. The molecular formula is C42H64N2O2. The number of nitrogens with zero attached hydrogens (tertiary/aromatic N) is 1. The second kappa shape index (κ2) is 16.4. The van der Waals surface area contributed by atoms with Crippen molar-refractivity contribution in [1.82, 2.24) is 4.98 Å². The molecule has 4 heteroatoms. The maximum Gasteiger partial charge on any atom is 0.127 e. The fourth-order valence-corrected chi connectivity index (χ4v) is 7.68. The Bertz CT molecular complexity index is 1440. The number of phenolic OH excluding ortho intramolecular Hbond substituents is 1. The lowest BCUT2D eigenvalue weighted by Crippen LogP contribution is -2.37. The molecular weight excluding hydrogens is 564 g/mol. The van der Waals surface area contributed by atoms with Crippen molar-refractivity contribution in [1.29, 1.82) is 0 Å². The third-order valence-corrected chi connectivity index (χ3v) is 11.1. The van der Waals surface area contributed by atoms with Crippen molar-refractivity contribution < 1.29 is 9.84 Å². The topological polar surface area (TPSA) is 68.4 Å². The molecule has 4 nitrogen and oxygen atoms in total. The van der Waals surface area contributed by atoms with Crippen LogP contribution in [0.15, 0.2) is 24.3 Å². The van der Waals surface area contributed by atoms with E-state index in [1.807, 2.05) is 32.0 Å². The van der Waals surface area contributed by atoms with Crippen molar-refractivity contribution in [3.8, 4) is 11.5 Å². The van der Waals surface area contributed by atoms with E-state index in [2.05, 4.69) is 47.6 Å². The summed E-state index contributed by atoms with van der Waals surface area (Å²) >= 11 is 0. The number of hydrogen-bond donors (Lipinski definition) is 2. The van der Waals surface area contributed by atoms with Crippen LogP contribution in [0.4, 0.5) is 5.69 Å². The highest BCUT2D eigenvalue weighted by atomic mass is 16.5. The standard InChI is InChI=1S/C29H50O2.C13H14N2/c1-20(2)12-9-13-21(3)14-10-15-22(4)16-11-18-29(8)19-17-26-25(7)27(30)23(5)24(6)28(26)31-29;14-13-9-5-1-3-7-11(9)15-12-8-4-2-6-10(12)13/h20-22,30H,9-19H2,1-8H3;1,3,5,7H,2,4,6,8H2,(H2,14,15)/t21-,22-,29-;/m1./s1. The van der Waals surface area contributed by atoms with Crippen LogP contribution in [0.1, 0.15) is 145 Å². The van der Waals surface area contributed by atoms with Crippen LogP contribution in [0.5, 0.6) is 11.5 Å². The van der Waals surface area contributed by atoms with Gasteiger partial charge >= 0.3 is 0 Å². The van der Waals surface area contributed by atoms with Crippen molar-refractivity contribution in [2.45, 2.75) is 157 Å². The number of pyridine rings is 1. The number of rotatable bonds is 12. The first-order chi connectivity index (χ1) is 21.9. The number of aromatic hydroxyl groups is 1. The Labute approximate surface area is 280 Å². The molecule has 0 unspecified atom stereocenters. The van der Waals surface area contributed by atoms with Crippen LogP contribution < -0.4 is 10.5 Å². The maximum absolute atomic E-state index is 10.4. The van der Waals surface area contributed by atoms with E-state index in [1.54, 1.807) is 0 Å². The Morgan fingerprint density at radius 2 is 1.43 bits per heavy atom. The van der Waals surface area contributed by atoms with E-state index < -0.39 is 0 Å². The molecule has 2 aromatic carbocycles. The van der Waals surface area contributed by atoms with Gasteiger partial charge in [-0.25, -0.2) is 0 Å². The van der Waals surface area contributed by atoms with Crippen LogP contribution in [-0.4, -0.2) is 15.7 Å². The Balaban J connectivity index is 0.000000263. The summed E-state index contributed by atoms with van der Waals surface area (Å²) in [5.74, 6) is 4.04. The Morgan fingerprint density at radius 3 is 2.13 bits per heavy atom. The minimum Gasteiger partial charge on any atom is -0.507 e. The summed E-state index contributed by atoms with van der Waals surface area (Å²) in [5.41, 5.74) is 14.9. The van der Waals surface area contributed by atoms with E-state index in [4.69, 9.17) is 15.5 Å². The summed E-state index contributed by atoms with van der Waals surface area (Å²) in [7, 11) is 0. The molecule has 0 bridgehead atoms. The Morgan fingerprint density at radius 1 is 0.804 bits per heavy atom. The largest absolute Gasteiger partial charge is 0.507 e. The van der Waals surface area contributed by atoms with Gasteiger partial charge in [-0.2, -0.15) is 0 Å². The number of hydrogen-bond acceptors (Lipinski definition) is 4. The number of ether oxygens (including phenoxy) is 1. The average Bonchev–Trinajstić information content (AvgIpc) is 3.03. The molecule has 254 valence electrons. The molecule has 0 saturated carbocycles. The first kappa shape index (κ1) is 36.1. The number of anilines is 1. The van der Waals surface area contributed by atoms with Crippen LogP contribution in [0.3, 0.4) is 0 Å². The highest BCUT2D eigenvalue weighted by molar-refractivity contribution is 5.92. The van der Waals surface area contributed by atoms with Crippen LogP contribution in [0.2, 0.25) is 0 Å². The van der Waals surface area contributed by atoms with Gasteiger partial charge in [0.25, 0.3) is 0 Å². The highest BCUT2D eigenvalue weighted by Crippen LogP contribution is 2.44. The highest BCUT2D eigenvalue weighted by Gasteiger charge is 2.34. The monoisotopic (exact) mass is 628 g/mol. The average molecular weight is 629 g/mol. The molecule has 46 heavy (non-hydrogen) atoms. The normalized spacial score (nSPS) is 18.7. The first-order valence-corrected chi connectivity index (χ1v) is 18.6. The maximum atomic E-state index is 10.4. The molecule has 3 aromatic rings. The number of aryl methyl sites for hydroxylation is 1. The Hall–Kier alpha value is -2.75. The third-order valence-electron chi connectivity index (χ3n) is 11.1. The quantitative estimate of drug-likeness (QED) is 0.209. The number of nitrogen functional groups attached to an aromatic ring is 1. The third kappa shape index (κ3) is 9.20.